The molecular formula is C15H17N3O8S. The van der Waals surface area contributed by atoms with Gasteiger partial charge in [0.15, 0.2) is 11.8 Å². The van der Waals surface area contributed by atoms with E-state index in [9.17, 15) is 29.7 Å². The van der Waals surface area contributed by atoms with Gasteiger partial charge in [0.25, 0.3) is 5.91 Å². The van der Waals surface area contributed by atoms with E-state index < -0.39 is 35.9 Å². The fraction of sp³-hybridized carbons (Fsp3) is 0.333. The molecule has 2 atom stereocenters. The van der Waals surface area contributed by atoms with E-state index in [4.69, 9.17) is 4.42 Å². The van der Waals surface area contributed by atoms with Crippen molar-refractivity contribution in [2.45, 2.75) is 11.4 Å². The number of carbonyl (C=O) groups is 3. The molecule has 1 aliphatic rings. The molecule has 0 saturated carbocycles. The maximum atomic E-state index is 12.5. The second-order valence-corrected chi connectivity index (χ2v) is 6.34. The molecule has 0 aliphatic carbocycles. The molecule has 1 aromatic heterocycles. The van der Waals surface area contributed by atoms with Crippen LogP contribution in [0.15, 0.2) is 39.2 Å². The van der Waals surface area contributed by atoms with Crippen LogP contribution in [-0.2, 0) is 19.2 Å². The first-order valence-corrected chi connectivity index (χ1v) is 8.57. The minimum absolute atomic E-state index is 0.0661. The summed E-state index contributed by atoms with van der Waals surface area (Å²) in [7, 11) is 1.21. The first-order valence-electron chi connectivity index (χ1n) is 7.52. The monoisotopic (exact) mass is 399 g/mol. The molecule has 0 aromatic carbocycles. The van der Waals surface area contributed by atoms with E-state index in [1.54, 1.807) is 0 Å². The molecule has 11 nitrogen and oxygen atoms in total. The van der Waals surface area contributed by atoms with Crippen LogP contribution in [0, 0.1) is 0 Å². The van der Waals surface area contributed by atoms with Gasteiger partial charge in [-0.05, 0) is 17.7 Å². The topological polar surface area (TPSA) is 171 Å². The zero-order valence-corrected chi connectivity index (χ0v) is 14.9. The van der Waals surface area contributed by atoms with Gasteiger partial charge < -0.3 is 35.2 Å². The van der Waals surface area contributed by atoms with Crippen LogP contribution < -0.4 is 10.6 Å². The summed E-state index contributed by atoms with van der Waals surface area (Å²) in [6.07, 6.45) is 1.31. The fourth-order valence-corrected chi connectivity index (χ4v) is 3.44. The zero-order valence-electron chi connectivity index (χ0n) is 14.0. The molecule has 12 heteroatoms. The van der Waals surface area contributed by atoms with Gasteiger partial charge >= 0.3 is 11.9 Å². The summed E-state index contributed by atoms with van der Waals surface area (Å²) < 4.78 is 5.08. The number of rotatable bonds is 8. The van der Waals surface area contributed by atoms with Gasteiger partial charge in [0.1, 0.15) is 18.2 Å². The van der Waals surface area contributed by atoms with E-state index in [0.717, 1.165) is 11.8 Å². The summed E-state index contributed by atoms with van der Waals surface area (Å²) in [6, 6.07) is 1.47. The number of carboxylic acid groups (broad SMARTS) is 2. The lowest BCUT2D eigenvalue weighted by molar-refractivity contribution is -0.141. The summed E-state index contributed by atoms with van der Waals surface area (Å²) in [4.78, 5) is 40.0. The molecule has 27 heavy (non-hydrogen) atoms. The minimum Gasteiger partial charge on any atom is -0.480 e. The van der Waals surface area contributed by atoms with Crippen molar-refractivity contribution in [2.24, 2.45) is 5.16 Å². The Kier molecular flexibility index (Phi) is 6.85. The van der Waals surface area contributed by atoms with Crippen LogP contribution >= 0.6 is 11.8 Å². The molecule has 0 fully saturated rings. The molecular weight excluding hydrogens is 382 g/mol. The average molecular weight is 399 g/mol. The summed E-state index contributed by atoms with van der Waals surface area (Å²) in [5.41, 5.74) is -0.352. The van der Waals surface area contributed by atoms with Crippen molar-refractivity contribution in [1.29, 1.82) is 0 Å². The quantitative estimate of drug-likeness (QED) is 0.275. The number of carboxylic acids is 2. The predicted molar refractivity (Wildman–Crippen MR) is 92.9 cm³/mol. The summed E-state index contributed by atoms with van der Waals surface area (Å²) in [5, 5.41) is 35.3. The molecule has 1 aromatic rings. The number of aliphatic carboxylic acids is 2. The average Bonchev–Trinajstić information content (AvgIpc) is 3.17. The lowest BCUT2D eigenvalue weighted by Crippen LogP contribution is -2.56. The van der Waals surface area contributed by atoms with Crippen molar-refractivity contribution in [3.05, 3.63) is 35.4 Å². The van der Waals surface area contributed by atoms with E-state index in [1.165, 1.54) is 25.5 Å². The zero-order chi connectivity index (χ0) is 20.0. The second kappa shape index (κ2) is 9.09. The molecule has 2 heterocycles. The van der Waals surface area contributed by atoms with Crippen molar-refractivity contribution in [3.63, 3.8) is 0 Å². The Hall–Kier alpha value is -2.99. The van der Waals surface area contributed by atoms with Crippen molar-refractivity contribution >= 4 is 35.3 Å². The molecule has 2 rings (SSSR count). The molecule has 0 saturated heterocycles. The van der Waals surface area contributed by atoms with Crippen LogP contribution in [0.25, 0.3) is 0 Å². The predicted octanol–water partition coefficient (Wildman–Crippen LogP) is -0.807. The number of nitrogens with one attached hydrogen (secondary N) is 2. The number of hydrogen-bond donors (Lipinski definition) is 5. The molecule has 1 aliphatic heterocycles. The molecule has 146 valence electrons. The van der Waals surface area contributed by atoms with E-state index in [2.05, 4.69) is 20.6 Å². The van der Waals surface area contributed by atoms with E-state index in [0.29, 0.717) is 0 Å². The second-order valence-electron chi connectivity index (χ2n) is 5.21. The Balaban J connectivity index is 2.22. The van der Waals surface area contributed by atoms with Crippen LogP contribution in [0.1, 0.15) is 5.76 Å². The van der Waals surface area contributed by atoms with Crippen molar-refractivity contribution < 1.29 is 39.0 Å². The standard InChI is InChI=1S/C15H17N3O8S/c1-25-18-10(8-3-2-4-26-8)12(20)16-11(15(23)24)13-17-9(14(21)22)7(5-19)6-27-13/h2-4,11,13,17,19H,5-6H2,1H3,(H,16,20)(H,21,22)(H,23,24)/b18-10-/t11-,13+/m0/s1. The van der Waals surface area contributed by atoms with Crippen LogP contribution in [0.5, 0.6) is 0 Å². The number of amides is 1. The summed E-state index contributed by atoms with van der Waals surface area (Å²) >= 11 is 1.04. The first-order chi connectivity index (χ1) is 12.9. The van der Waals surface area contributed by atoms with Crippen LogP contribution in [0.3, 0.4) is 0 Å². The SMILES string of the molecule is CO/N=C(\C(=O)N[C@H](C(=O)O)[C@@H]1NC(C(=O)O)=C(CO)CS1)c1ccco1. The maximum Gasteiger partial charge on any atom is 0.352 e. The van der Waals surface area contributed by atoms with Gasteiger partial charge in [0.05, 0.1) is 12.9 Å². The molecule has 1 amide bonds. The Morgan fingerprint density at radius 3 is 2.74 bits per heavy atom. The van der Waals surface area contributed by atoms with Gasteiger partial charge in [-0.3, -0.25) is 4.79 Å². The normalized spacial score (nSPS) is 18.4. The van der Waals surface area contributed by atoms with Crippen molar-refractivity contribution in [1.82, 2.24) is 10.6 Å². The van der Waals surface area contributed by atoms with Gasteiger partial charge in [-0.2, -0.15) is 0 Å². The number of carbonyl (C=O) groups excluding carboxylic acids is 1. The summed E-state index contributed by atoms with van der Waals surface area (Å²) in [5.74, 6) is -3.45. The Labute approximate surface area is 157 Å². The largest absolute Gasteiger partial charge is 0.480 e. The van der Waals surface area contributed by atoms with Gasteiger partial charge in [0, 0.05) is 5.75 Å². The van der Waals surface area contributed by atoms with Crippen molar-refractivity contribution in [3.8, 4) is 0 Å². The third kappa shape index (κ3) is 4.80. The third-order valence-corrected chi connectivity index (χ3v) is 4.75. The van der Waals surface area contributed by atoms with E-state index >= 15 is 0 Å². The van der Waals surface area contributed by atoms with Gasteiger partial charge in [-0.25, -0.2) is 9.59 Å². The number of oxime groups is 1. The number of aliphatic hydroxyl groups excluding tert-OH is 1. The fourth-order valence-electron chi connectivity index (χ4n) is 2.25. The smallest absolute Gasteiger partial charge is 0.352 e. The van der Waals surface area contributed by atoms with Gasteiger partial charge in [0.2, 0.25) is 5.71 Å². The number of aliphatic hydroxyl groups is 1. The number of nitrogens with zero attached hydrogens (tertiary/aromatic N) is 1. The highest BCUT2D eigenvalue weighted by atomic mass is 32.2. The number of thioether (sulfide) groups is 1. The number of furan rings is 1. The first kappa shape index (κ1) is 20.3. The van der Waals surface area contributed by atoms with E-state index in [-0.39, 0.29) is 28.5 Å². The molecule has 0 bridgehead atoms. The summed E-state index contributed by atoms with van der Waals surface area (Å²) in [6.45, 7) is -0.485. The Morgan fingerprint density at radius 2 is 2.22 bits per heavy atom. The van der Waals surface area contributed by atoms with Gasteiger partial charge in [-0.15, -0.1) is 11.8 Å². The van der Waals surface area contributed by atoms with Crippen LogP contribution in [0.4, 0.5) is 0 Å². The molecule has 0 spiro atoms. The van der Waals surface area contributed by atoms with Crippen LogP contribution in [0.2, 0.25) is 0 Å². The third-order valence-electron chi connectivity index (χ3n) is 3.49. The Bertz CT molecular complexity index is 774. The van der Waals surface area contributed by atoms with E-state index in [1.807, 2.05) is 0 Å². The lowest BCUT2D eigenvalue weighted by atomic mass is 10.2. The highest BCUT2D eigenvalue weighted by Gasteiger charge is 2.36. The molecule has 5 N–H and O–H groups in total. The number of hydrogen-bond acceptors (Lipinski definition) is 9. The molecule has 0 radical (unpaired) electrons. The minimum atomic E-state index is -1.49. The Morgan fingerprint density at radius 1 is 1.48 bits per heavy atom. The lowest BCUT2D eigenvalue weighted by Gasteiger charge is -2.31. The maximum absolute atomic E-state index is 12.5. The highest BCUT2D eigenvalue weighted by molar-refractivity contribution is 8.00. The highest BCUT2D eigenvalue weighted by Crippen LogP contribution is 2.24. The van der Waals surface area contributed by atoms with Crippen LogP contribution in [-0.4, -0.2) is 69.8 Å². The van der Waals surface area contributed by atoms with Gasteiger partial charge in [-0.1, -0.05) is 5.16 Å². The van der Waals surface area contributed by atoms with Crippen molar-refractivity contribution in [2.75, 3.05) is 19.5 Å². The molecule has 0 unspecified atom stereocenters.